The van der Waals surface area contributed by atoms with Crippen molar-refractivity contribution in [2.75, 3.05) is 20.3 Å². The second kappa shape index (κ2) is 6.88. The molecule has 1 aromatic rings. The van der Waals surface area contributed by atoms with Crippen LogP contribution in [-0.4, -0.2) is 32.4 Å². The van der Waals surface area contributed by atoms with E-state index in [0.717, 1.165) is 6.54 Å². The van der Waals surface area contributed by atoms with Crippen molar-refractivity contribution in [1.82, 2.24) is 5.32 Å². The molecule has 0 radical (unpaired) electrons. The van der Waals surface area contributed by atoms with Gasteiger partial charge >= 0.3 is 0 Å². The molecule has 2 atom stereocenters. The standard InChI is InChI=1S/C15H23NO2/c1-12(11-17-2)18-15(10-16-14-8-9-14)13-6-4-3-5-7-13/h3-7,12,14-16H,8-11H2,1-2H3. The van der Waals surface area contributed by atoms with Gasteiger partial charge in [0.15, 0.2) is 0 Å². The van der Waals surface area contributed by atoms with Gasteiger partial charge in [-0.2, -0.15) is 0 Å². The van der Waals surface area contributed by atoms with E-state index in [0.29, 0.717) is 12.6 Å². The second-order valence-corrected chi connectivity index (χ2v) is 4.98. The van der Waals surface area contributed by atoms with E-state index in [9.17, 15) is 0 Å². The molecule has 0 aromatic heterocycles. The van der Waals surface area contributed by atoms with E-state index >= 15 is 0 Å². The number of benzene rings is 1. The zero-order valence-corrected chi connectivity index (χ0v) is 11.3. The van der Waals surface area contributed by atoms with Gasteiger partial charge < -0.3 is 14.8 Å². The van der Waals surface area contributed by atoms with E-state index in [-0.39, 0.29) is 12.2 Å². The summed E-state index contributed by atoms with van der Waals surface area (Å²) in [6.07, 6.45) is 2.82. The quantitative estimate of drug-likeness (QED) is 0.768. The van der Waals surface area contributed by atoms with Crippen LogP contribution in [0.4, 0.5) is 0 Å². The Kier molecular flexibility index (Phi) is 5.17. The molecule has 1 saturated carbocycles. The highest BCUT2D eigenvalue weighted by atomic mass is 16.5. The Morgan fingerprint density at radius 3 is 2.61 bits per heavy atom. The largest absolute Gasteiger partial charge is 0.382 e. The highest BCUT2D eigenvalue weighted by Gasteiger charge is 2.23. The Morgan fingerprint density at radius 2 is 2.00 bits per heavy atom. The predicted molar refractivity (Wildman–Crippen MR) is 72.6 cm³/mol. The van der Waals surface area contributed by atoms with Crippen LogP contribution in [0, 0.1) is 0 Å². The third-order valence-corrected chi connectivity index (χ3v) is 3.14. The molecule has 2 unspecified atom stereocenters. The molecule has 0 saturated heterocycles. The van der Waals surface area contributed by atoms with Gasteiger partial charge in [-0.1, -0.05) is 30.3 Å². The lowest BCUT2D eigenvalue weighted by atomic mass is 10.1. The molecule has 0 heterocycles. The van der Waals surface area contributed by atoms with Gasteiger partial charge in [0.25, 0.3) is 0 Å². The number of rotatable bonds is 8. The molecular weight excluding hydrogens is 226 g/mol. The normalized spacial score (nSPS) is 18.6. The van der Waals surface area contributed by atoms with Gasteiger partial charge in [0.05, 0.1) is 18.8 Å². The molecule has 0 spiro atoms. The van der Waals surface area contributed by atoms with Crippen LogP contribution < -0.4 is 5.32 Å². The van der Waals surface area contributed by atoms with Crippen molar-refractivity contribution in [3.05, 3.63) is 35.9 Å². The number of methoxy groups -OCH3 is 1. The summed E-state index contributed by atoms with van der Waals surface area (Å²) in [6, 6.07) is 11.1. The fourth-order valence-electron chi connectivity index (χ4n) is 2.03. The molecule has 0 amide bonds. The molecule has 2 rings (SSSR count). The Bertz CT molecular complexity index is 338. The van der Waals surface area contributed by atoms with Crippen LogP contribution in [-0.2, 0) is 9.47 Å². The second-order valence-electron chi connectivity index (χ2n) is 4.98. The van der Waals surface area contributed by atoms with E-state index < -0.39 is 0 Å². The fraction of sp³-hybridized carbons (Fsp3) is 0.600. The van der Waals surface area contributed by atoms with Crippen molar-refractivity contribution >= 4 is 0 Å². The molecule has 100 valence electrons. The highest BCUT2D eigenvalue weighted by Crippen LogP contribution is 2.23. The summed E-state index contributed by atoms with van der Waals surface area (Å²) < 4.78 is 11.2. The van der Waals surface area contributed by atoms with E-state index in [2.05, 4.69) is 36.5 Å². The van der Waals surface area contributed by atoms with Gasteiger partial charge in [-0.05, 0) is 25.3 Å². The first-order chi connectivity index (χ1) is 8.79. The topological polar surface area (TPSA) is 30.5 Å². The lowest BCUT2D eigenvalue weighted by molar-refractivity contribution is -0.0394. The van der Waals surface area contributed by atoms with Crippen molar-refractivity contribution in [2.45, 2.75) is 38.0 Å². The molecule has 1 aliphatic carbocycles. The monoisotopic (exact) mass is 249 g/mol. The summed E-state index contributed by atoms with van der Waals surface area (Å²) in [5, 5.41) is 3.54. The summed E-state index contributed by atoms with van der Waals surface area (Å²) in [7, 11) is 1.71. The van der Waals surface area contributed by atoms with E-state index in [1.807, 2.05) is 6.07 Å². The minimum atomic E-state index is 0.108. The predicted octanol–water partition coefficient (Wildman–Crippen LogP) is 2.53. The minimum Gasteiger partial charge on any atom is -0.382 e. The average Bonchev–Trinajstić information content (AvgIpc) is 3.20. The average molecular weight is 249 g/mol. The van der Waals surface area contributed by atoms with Crippen molar-refractivity contribution < 1.29 is 9.47 Å². The van der Waals surface area contributed by atoms with Crippen LogP contribution in [0.2, 0.25) is 0 Å². The van der Waals surface area contributed by atoms with Crippen LogP contribution >= 0.6 is 0 Å². The lowest BCUT2D eigenvalue weighted by Crippen LogP contribution is -2.28. The molecule has 1 aromatic carbocycles. The van der Waals surface area contributed by atoms with E-state index in [1.165, 1.54) is 18.4 Å². The zero-order valence-electron chi connectivity index (χ0n) is 11.3. The maximum absolute atomic E-state index is 6.07. The van der Waals surface area contributed by atoms with Gasteiger partial charge in [0.1, 0.15) is 0 Å². The summed E-state index contributed by atoms with van der Waals surface area (Å²) >= 11 is 0. The first-order valence-corrected chi connectivity index (χ1v) is 6.72. The van der Waals surface area contributed by atoms with Crippen LogP contribution in [0.25, 0.3) is 0 Å². The molecule has 3 nitrogen and oxygen atoms in total. The summed E-state index contributed by atoms with van der Waals surface area (Å²) in [5.74, 6) is 0. The minimum absolute atomic E-state index is 0.108. The molecule has 1 aliphatic rings. The van der Waals surface area contributed by atoms with E-state index in [1.54, 1.807) is 7.11 Å². The third kappa shape index (κ3) is 4.41. The van der Waals surface area contributed by atoms with Gasteiger partial charge in [0, 0.05) is 19.7 Å². The number of nitrogens with one attached hydrogen (secondary N) is 1. The van der Waals surface area contributed by atoms with Gasteiger partial charge in [0.2, 0.25) is 0 Å². The number of hydrogen-bond acceptors (Lipinski definition) is 3. The van der Waals surface area contributed by atoms with Crippen LogP contribution in [0.5, 0.6) is 0 Å². The SMILES string of the molecule is COCC(C)OC(CNC1CC1)c1ccccc1. The molecule has 0 aliphatic heterocycles. The zero-order chi connectivity index (χ0) is 12.8. The first kappa shape index (κ1) is 13.5. The van der Waals surface area contributed by atoms with Crippen molar-refractivity contribution in [2.24, 2.45) is 0 Å². The maximum Gasteiger partial charge on any atom is 0.0954 e. The van der Waals surface area contributed by atoms with Crippen molar-refractivity contribution in [1.29, 1.82) is 0 Å². The number of ether oxygens (including phenoxy) is 2. The Balaban J connectivity index is 1.92. The summed E-state index contributed by atoms with van der Waals surface area (Å²) in [4.78, 5) is 0. The lowest BCUT2D eigenvalue weighted by Gasteiger charge is -2.23. The Labute approximate surface area is 109 Å². The fourth-order valence-corrected chi connectivity index (χ4v) is 2.03. The third-order valence-electron chi connectivity index (χ3n) is 3.14. The molecule has 18 heavy (non-hydrogen) atoms. The summed E-state index contributed by atoms with van der Waals surface area (Å²) in [5.41, 5.74) is 1.23. The molecule has 0 bridgehead atoms. The number of hydrogen-bond donors (Lipinski definition) is 1. The van der Waals surface area contributed by atoms with Gasteiger partial charge in [-0.15, -0.1) is 0 Å². The molecular formula is C15H23NO2. The molecule has 1 fully saturated rings. The first-order valence-electron chi connectivity index (χ1n) is 6.72. The van der Waals surface area contributed by atoms with Crippen LogP contribution in [0.3, 0.4) is 0 Å². The van der Waals surface area contributed by atoms with Gasteiger partial charge in [-0.25, -0.2) is 0 Å². The van der Waals surface area contributed by atoms with Crippen molar-refractivity contribution in [3.8, 4) is 0 Å². The molecule has 3 heteroatoms. The van der Waals surface area contributed by atoms with Crippen LogP contribution in [0.1, 0.15) is 31.4 Å². The maximum atomic E-state index is 6.07. The van der Waals surface area contributed by atoms with Gasteiger partial charge in [-0.3, -0.25) is 0 Å². The van der Waals surface area contributed by atoms with E-state index in [4.69, 9.17) is 9.47 Å². The smallest absolute Gasteiger partial charge is 0.0954 e. The van der Waals surface area contributed by atoms with Crippen LogP contribution in [0.15, 0.2) is 30.3 Å². The molecule has 1 N–H and O–H groups in total. The Hall–Kier alpha value is -0.900. The van der Waals surface area contributed by atoms with Crippen molar-refractivity contribution in [3.63, 3.8) is 0 Å². The highest BCUT2D eigenvalue weighted by molar-refractivity contribution is 5.18. The summed E-state index contributed by atoms with van der Waals surface area (Å²) in [6.45, 7) is 3.56. The Morgan fingerprint density at radius 1 is 1.28 bits per heavy atom.